The van der Waals surface area contributed by atoms with Gasteiger partial charge in [0.05, 0.1) is 6.61 Å². The molecule has 0 spiro atoms. The summed E-state index contributed by atoms with van der Waals surface area (Å²) in [5.41, 5.74) is 4.32. The number of benzene rings is 2. The molecule has 0 atom stereocenters. The zero-order valence-corrected chi connectivity index (χ0v) is 16.3. The molecule has 2 aromatic carbocycles. The number of amides is 1. The first-order chi connectivity index (χ1) is 14.2. The number of methoxy groups -OCH3 is 1. The molecule has 7 heteroatoms. The standard InChI is InChI=1S/C22H24N4O3/c1-28-13-11-15-2-6-17(7-3-15)29-18-8-4-16(5-9-18)24-22(27)21-19-14-23-12-10-20(19)25-26-21/h2-9,23H,10-14H2,1H3,(H,24,27)(H,25,26). The van der Waals surface area contributed by atoms with Gasteiger partial charge in [0, 0.05) is 43.6 Å². The lowest BCUT2D eigenvalue weighted by molar-refractivity contribution is 0.102. The molecule has 1 aliphatic heterocycles. The molecular weight excluding hydrogens is 368 g/mol. The lowest BCUT2D eigenvalue weighted by Crippen LogP contribution is -2.25. The van der Waals surface area contributed by atoms with E-state index in [1.165, 1.54) is 5.56 Å². The van der Waals surface area contributed by atoms with E-state index in [2.05, 4.69) is 20.8 Å². The Kier molecular flexibility index (Phi) is 5.88. The van der Waals surface area contributed by atoms with Crippen molar-refractivity contribution in [3.8, 4) is 11.5 Å². The smallest absolute Gasteiger partial charge is 0.276 e. The molecule has 3 N–H and O–H groups in total. The van der Waals surface area contributed by atoms with Gasteiger partial charge >= 0.3 is 0 Å². The summed E-state index contributed by atoms with van der Waals surface area (Å²) in [4.78, 5) is 12.6. The summed E-state index contributed by atoms with van der Waals surface area (Å²) in [7, 11) is 1.70. The highest BCUT2D eigenvalue weighted by molar-refractivity contribution is 6.04. The van der Waals surface area contributed by atoms with Gasteiger partial charge in [-0.25, -0.2) is 0 Å². The maximum atomic E-state index is 12.6. The molecule has 1 aromatic heterocycles. The maximum absolute atomic E-state index is 12.6. The van der Waals surface area contributed by atoms with Crippen molar-refractivity contribution in [3.63, 3.8) is 0 Å². The van der Waals surface area contributed by atoms with E-state index < -0.39 is 0 Å². The number of ether oxygens (including phenoxy) is 2. The minimum Gasteiger partial charge on any atom is -0.457 e. The Labute approximate surface area is 169 Å². The van der Waals surface area contributed by atoms with Crippen LogP contribution in [0.15, 0.2) is 48.5 Å². The predicted octanol–water partition coefficient (Wildman–Crippen LogP) is 3.29. The molecule has 29 heavy (non-hydrogen) atoms. The highest BCUT2D eigenvalue weighted by Crippen LogP contribution is 2.24. The number of aromatic amines is 1. The number of rotatable bonds is 7. The van der Waals surface area contributed by atoms with Crippen molar-refractivity contribution in [1.29, 1.82) is 0 Å². The molecule has 3 aromatic rings. The number of H-pyrrole nitrogens is 1. The predicted molar refractivity (Wildman–Crippen MR) is 110 cm³/mol. The average Bonchev–Trinajstić information content (AvgIpc) is 3.19. The molecule has 0 saturated carbocycles. The normalized spacial score (nSPS) is 13.0. The Morgan fingerprint density at radius 3 is 2.55 bits per heavy atom. The Hall–Kier alpha value is -3.16. The molecule has 4 rings (SSSR count). The van der Waals surface area contributed by atoms with Crippen LogP contribution in [-0.2, 0) is 24.1 Å². The third kappa shape index (κ3) is 4.64. The first kappa shape index (κ1) is 19.2. The van der Waals surface area contributed by atoms with Crippen LogP contribution in [0.1, 0.15) is 27.3 Å². The summed E-state index contributed by atoms with van der Waals surface area (Å²) in [5.74, 6) is 1.25. The maximum Gasteiger partial charge on any atom is 0.276 e. The van der Waals surface area contributed by atoms with Gasteiger partial charge in [0.2, 0.25) is 0 Å². The van der Waals surface area contributed by atoms with E-state index in [0.717, 1.165) is 36.4 Å². The summed E-state index contributed by atoms with van der Waals surface area (Å²) in [6, 6.07) is 15.2. The fourth-order valence-corrected chi connectivity index (χ4v) is 3.29. The zero-order chi connectivity index (χ0) is 20.1. The van der Waals surface area contributed by atoms with Crippen molar-refractivity contribution in [2.75, 3.05) is 25.6 Å². The molecule has 0 bridgehead atoms. The fraction of sp³-hybridized carbons (Fsp3) is 0.273. The lowest BCUT2D eigenvalue weighted by Gasteiger charge is -2.13. The fourth-order valence-electron chi connectivity index (χ4n) is 3.29. The number of carbonyl (C=O) groups is 1. The number of fused-ring (bicyclic) bond motifs is 1. The molecule has 1 aliphatic rings. The summed E-state index contributed by atoms with van der Waals surface area (Å²) < 4.78 is 11.0. The number of carbonyl (C=O) groups excluding carboxylic acids is 1. The first-order valence-electron chi connectivity index (χ1n) is 9.67. The van der Waals surface area contributed by atoms with Gasteiger partial charge in [-0.05, 0) is 48.4 Å². The van der Waals surface area contributed by atoms with E-state index in [0.29, 0.717) is 30.3 Å². The van der Waals surface area contributed by atoms with Crippen molar-refractivity contribution in [1.82, 2.24) is 15.5 Å². The van der Waals surface area contributed by atoms with Gasteiger partial charge in [0.25, 0.3) is 5.91 Å². The van der Waals surface area contributed by atoms with Gasteiger partial charge in [0.15, 0.2) is 5.69 Å². The number of hydrogen-bond donors (Lipinski definition) is 3. The van der Waals surface area contributed by atoms with Gasteiger partial charge in [-0.3, -0.25) is 9.89 Å². The summed E-state index contributed by atoms with van der Waals surface area (Å²) >= 11 is 0. The van der Waals surface area contributed by atoms with E-state index in [1.807, 2.05) is 48.5 Å². The largest absolute Gasteiger partial charge is 0.457 e. The van der Waals surface area contributed by atoms with E-state index >= 15 is 0 Å². The van der Waals surface area contributed by atoms with E-state index in [4.69, 9.17) is 9.47 Å². The molecule has 0 aliphatic carbocycles. The Balaban J connectivity index is 1.36. The van der Waals surface area contributed by atoms with Crippen LogP contribution in [0.4, 0.5) is 5.69 Å². The van der Waals surface area contributed by atoms with Crippen LogP contribution in [0.3, 0.4) is 0 Å². The molecule has 0 unspecified atom stereocenters. The van der Waals surface area contributed by atoms with E-state index in [-0.39, 0.29) is 5.91 Å². The van der Waals surface area contributed by atoms with Crippen molar-refractivity contribution < 1.29 is 14.3 Å². The van der Waals surface area contributed by atoms with E-state index in [9.17, 15) is 4.79 Å². The van der Waals surface area contributed by atoms with Gasteiger partial charge < -0.3 is 20.1 Å². The topological polar surface area (TPSA) is 88.3 Å². The SMILES string of the molecule is COCCc1ccc(Oc2ccc(NC(=O)c3n[nH]c4c3CNCC4)cc2)cc1. The van der Waals surface area contributed by atoms with Gasteiger partial charge in [0.1, 0.15) is 11.5 Å². The van der Waals surface area contributed by atoms with Crippen LogP contribution < -0.4 is 15.4 Å². The van der Waals surface area contributed by atoms with Gasteiger partial charge in [-0.1, -0.05) is 12.1 Å². The van der Waals surface area contributed by atoms with Crippen LogP contribution in [0, 0.1) is 0 Å². The molecular formula is C22H24N4O3. The zero-order valence-electron chi connectivity index (χ0n) is 16.3. The van der Waals surface area contributed by atoms with Gasteiger partial charge in [-0.2, -0.15) is 5.10 Å². The summed E-state index contributed by atoms with van der Waals surface area (Å²) in [5, 5.41) is 13.3. The quantitative estimate of drug-likeness (QED) is 0.574. The molecule has 0 radical (unpaired) electrons. The monoisotopic (exact) mass is 392 g/mol. The number of hydrogen-bond acceptors (Lipinski definition) is 5. The number of anilines is 1. The van der Waals surface area contributed by atoms with Crippen LogP contribution in [0.5, 0.6) is 11.5 Å². The number of aromatic nitrogens is 2. The molecule has 150 valence electrons. The number of nitrogens with zero attached hydrogens (tertiary/aromatic N) is 1. The molecule has 2 heterocycles. The first-order valence-corrected chi connectivity index (χ1v) is 9.67. The summed E-state index contributed by atoms with van der Waals surface area (Å²) in [6.45, 7) is 2.25. The highest BCUT2D eigenvalue weighted by Gasteiger charge is 2.21. The second-order valence-corrected chi connectivity index (χ2v) is 6.92. The average molecular weight is 392 g/mol. The Morgan fingerprint density at radius 1 is 1.10 bits per heavy atom. The van der Waals surface area contributed by atoms with Gasteiger partial charge in [-0.15, -0.1) is 0 Å². The molecule has 1 amide bonds. The van der Waals surface area contributed by atoms with Crippen molar-refractivity contribution in [3.05, 3.63) is 71.0 Å². The summed E-state index contributed by atoms with van der Waals surface area (Å²) in [6.07, 6.45) is 1.73. The third-order valence-corrected chi connectivity index (χ3v) is 4.89. The van der Waals surface area contributed by atoms with Crippen molar-refractivity contribution >= 4 is 11.6 Å². The minimum atomic E-state index is -0.216. The van der Waals surface area contributed by atoms with Crippen molar-refractivity contribution in [2.24, 2.45) is 0 Å². The Morgan fingerprint density at radius 2 is 1.83 bits per heavy atom. The highest BCUT2D eigenvalue weighted by atomic mass is 16.5. The number of nitrogens with one attached hydrogen (secondary N) is 3. The molecule has 0 fully saturated rings. The second kappa shape index (κ2) is 8.89. The molecule has 7 nitrogen and oxygen atoms in total. The van der Waals surface area contributed by atoms with Crippen LogP contribution >= 0.6 is 0 Å². The van der Waals surface area contributed by atoms with E-state index in [1.54, 1.807) is 7.11 Å². The lowest BCUT2D eigenvalue weighted by atomic mass is 10.1. The minimum absolute atomic E-state index is 0.216. The van der Waals surface area contributed by atoms with Crippen LogP contribution in [0.2, 0.25) is 0 Å². The second-order valence-electron chi connectivity index (χ2n) is 6.92. The Bertz CT molecular complexity index is 965. The van der Waals surface area contributed by atoms with Crippen LogP contribution in [-0.4, -0.2) is 36.4 Å². The molecule has 0 saturated heterocycles. The van der Waals surface area contributed by atoms with Crippen molar-refractivity contribution in [2.45, 2.75) is 19.4 Å². The van der Waals surface area contributed by atoms with Crippen LogP contribution in [0.25, 0.3) is 0 Å². The third-order valence-electron chi connectivity index (χ3n) is 4.89.